The van der Waals surface area contributed by atoms with Crippen LogP contribution in [-0.2, 0) is 6.42 Å². The van der Waals surface area contributed by atoms with Crippen LogP contribution in [0.25, 0.3) is 0 Å². The Morgan fingerprint density at radius 3 is 3.00 bits per heavy atom. The quantitative estimate of drug-likeness (QED) is 0.832. The van der Waals surface area contributed by atoms with Crippen LogP contribution in [0.2, 0.25) is 0 Å². The minimum Gasteiger partial charge on any atom is -0.408 e. The Kier molecular flexibility index (Phi) is 3.95. The third-order valence-electron chi connectivity index (χ3n) is 2.27. The first-order valence-electron chi connectivity index (χ1n) is 5.24. The van der Waals surface area contributed by atoms with Gasteiger partial charge in [0.1, 0.15) is 0 Å². The van der Waals surface area contributed by atoms with Crippen molar-refractivity contribution in [3.05, 3.63) is 33.2 Å². The lowest BCUT2D eigenvalue weighted by atomic mass is 10.2. The lowest BCUT2D eigenvalue weighted by Gasteiger charge is -2.05. The number of halogens is 1. The number of nitrogens with one attached hydrogen (secondary N) is 1. The molecule has 0 radical (unpaired) electrons. The number of benzene rings is 1. The molecule has 0 atom stereocenters. The number of hydrogen-bond acceptors (Lipinski definition) is 5. The van der Waals surface area contributed by atoms with Crippen LogP contribution in [0.5, 0.6) is 0 Å². The van der Waals surface area contributed by atoms with Crippen molar-refractivity contribution in [2.24, 2.45) is 5.73 Å². The number of nitrogens with two attached hydrogens (primary N) is 1. The highest BCUT2D eigenvalue weighted by Gasteiger charge is 2.07. The molecule has 0 aliphatic rings. The molecule has 5 nitrogen and oxygen atoms in total. The monoisotopic (exact) mass is 344 g/mol. The van der Waals surface area contributed by atoms with Gasteiger partial charge in [-0.1, -0.05) is 11.2 Å². The smallest absolute Gasteiger partial charge is 0.320 e. The zero-order valence-electron chi connectivity index (χ0n) is 9.40. The molecule has 0 saturated carbocycles. The van der Waals surface area contributed by atoms with Crippen molar-refractivity contribution in [2.75, 3.05) is 11.9 Å². The maximum absolute atomic E-state index is 5.42. The van der Waals surface area contributed by atoms with E-state index in [-0.39, 0.29) is 0 Å². The lowest BCUT2D eigenvalue weighted by molar-refractivity contribution is 0.510. The van der Waals surface area contributed by atoms with E-state index in [0.29, 0.717) is 24.9 Å². The van der Waals surface area contributed by atoms with Gasteiger partial charge in [-0.05, 0) is 47.2 Å². The summed E-state index contributed by atoms with van der Waals surface area (Å²) in [4.78, 5) is 0. The molecule has 3 N–H and O–H groups in total. The van der Waals surface area contributed by atoms with E-state index in [2.05, 4.69) is 44.2 Å². The summed E-state index contributed by atoms with van der Waals surface area (Å²) in [7, 11) is 0. The molecule has 1 aromatic carbocycles. The van der Waals surface area contributed by atoms with Crippen LogP contribution in [0.1, 0.15) is 11.5 Å². The van der Waals surface area contributed by atoms with Gasteiger partial charge in [-0.15, -0.1) is 5.10 Å². The molecule has 0 fully saturated rings. The largest absolute Gasteiger partial charge is 0.408 e. The molecule has 0 bridgehead atoms. The molecule has 0 amide bonds. The van der Waals surface area contributed by atoms with Crippen molar-refractivity contribution in [2.45, 2.75) is 13.3 Å². The van der Waals surface area contributed by atoms with E-state index < -0.39 is 0 Å². The topological polar surface area (TPSA) is 77.0 Å². The highest BCUT2D eigenvalue weighted by atomic mass is 127. The predicted molar refractivity (Wildman–Crippen MR) is 74.2 cm³/mol. The average molecular weight is 344 g/mol. The summed E-state index contributed by atoms with van der Waals surface area (Å²) >= 11 is 2.26. The molecule has 0 aliphatic carbocycles. The van der Waals surface area contributed by atoms with Crippen molar-refractivity contribution in [1.82, 2.24) is 10.2 Å². The Hall–Kier alpha value is -1.15. The third kappa shape index (κ3) is 3.16. The van der Waals surface area contributed by atoms with Crippen molar-refractivity contribution in [1.29, 1.82) is 0 Å². The first-order valence-corrected chi connectivity index (χ1v) is 6.32. The lowest BCUT2D eigenvalue weighted by Crippen LogP contribution is -2.02. The van der Waals surface area contributed by atoms with Gasteiger partial charge in [0.15, 0.2) is 0 Å². The summed E-state index contributed by atoms with van der Waals surface area (Å²) < 4.78 is 6.56. The number of aryl methyl sites for hydroxylation is 1. The first-order chi connectivity index (χ1) is 8.19. The van der Waals surface area contributed by atoms with E-state index in [9.17, 15) is 0 Å². The van der Waals surface area contributed by atoms with Gasteiger partial charge >= 0.3 is 6.01 Å². The van der Waals surface area contributed by atoms with Crippen LogP contribution >= 0.6 is 22.6 Å². The van der Waals surface area contributed by atoms with Crippen LogP contribution in [0, 0.1) is 10.5 Å². The van der Waals surface area contributed by atoms with Crippen LogP contribution in [0.4, 0.5) is 11.7 Å². The molecule has 0 saturated heterocycles. The van der Waals surface area contributed by atoms with Crippen molar-refractivity contribution in [3.8, 4) is 0 Å². The summed E-state index contributed by atoms with van der Waals surface area (Å²) in [6.45, 7) is 2.53. The van der Waals surface area contributed by atoms with Gasteiger partial charge < -0.3 is 15.5 Å². The van der Waals surface area contributed by atoms with E-state index >= 15 is 0 Å². The average Bonchev–Trinajstić information content (AvgIpc) is 2.72. The summed E-state index contributed by atoms with van der Waals surface area (Å²) in [6, 6.07) is 6.53. The number of rotatable bonds is 4. The predicted octanol–water partition coefficient (Wildman–Crippen LogP) is 2.23. The van der Waals surface area contributed by atoms with Gasteiger partial charge in [-0.2, -0.15) is 0 Å². The molecule has 1 aromatic heterocycles. The van der Waals surface area contributed by atoms with Gasteiger partial charge in [0.2, 0.25) is 5.89 Å². The minimum absolute atomic E-state index is 0.401. The number of anilines is 2. The summed E-state index contributed by atoms with van der Waals surface area (Å²) in [5.74, 6) is 0.554. The highest BCUT2D eigenvalue weighted by molar-refractivity contribution is 14.1. The first kappa shape index (κ1) is 12.3. The Labute approximate surface area is 113 Å². The summed E-state index contributed by atoms with van der Waals surface area (Å²) in [6.07, 6.45) is 0.597. The van der Waals surface area contributed by atoms with Gasteiger partial charge in [0.25, 0.3) is 0 Å². The number of hydrogen-bond donors (Lipinski definition) is 2. The fraction of sp³-hybridized carbons (Fsp3) is 0.273. The van der Waals surface area contributed by atoms with Crippen molar-refractivity contribution < 1.29 is 4.42 Å². The molecular weight excluding hydrogens is 331 g/mol. The highest BCUT2D eigenvalue weighted by Crippen LogP contribution is 2.21. The Morgan fingerprint density at radius 2 is 2.24 bits per heavy atom. The zero-order valence-corrected chi connectivity index (χ0v) is 11.6. The van der Waals surface area contributed by atoms with Crippen molar-refractivity contribution in [3.63, 3.8) is 0 Å². The van der Waals surface area contributed by atoms with Gasteiger partial charge in [0.05, 0.1) is 0 Å². The van der Waals surface area contributed by atoms with Crippen molar-refractivity contribution >= 4 is 34.3 Å². The molecule has 0 spiro atoms. The molecular formula is C11H13IN4O. The maximum atomic E-state index is 5.42. The van der Waals surface area contributed by atoms with Gasteiger partial charge in [-0.25, -0.2) is 0 Å². The van der Waals surface area contributed by atoms with Crippen LogP contribution < -0.4 is 11.1 Å². The molecule has 2 rings (SSSR count). The molecule has 2 aromatic rings. The third-order valence-corrected chi connectivity index (χ3v) is 2.94. The fourth-order valence-electron chi connectivity index (χ4n) is 1.37. The minimum atomic E-state index is 0.401. The summed E-state index contributed by atoms with van der Waals surface area (Å²) in [5, 5.41) is 10.9. The SMILES string of the molecule is Cc1ccc(I)cc1Nc1nnc(CCN)o1. The molecule has 90 valence electrons. The molecule has 0 unspecified atom stereocenters. The Morgan fingerprint density at radius 1 is 1.41 bits per heavy atom. The fourth-order valence-corrected chi connectivity index (χ4v) is 1.86. The van der Waals surface area contributed by atoms with E-state index in [1.54, 1.807) is 0 Å². The van der Waals surface area contributed by atoms with Gasteiger partial charge in [0, 0.05) is 22.2 Å². The number of aromatic nitrogens is 2. The second-order valence-corrected chi connectivity index (χ2v) is 4.87. The van der Waals surface area contributed by atoms with Crippen LogP contribution in [-0.4, -0.2) is 16.7 Å². The van der Waals surface area contributed by atoms with Crippen LogP contribution in [0.3, 0.4) is 0 Å². The van der Waals surface area contributed by atoms with Crippen LogP contribution in [0.15, 0.2) is 22.6 Å². The standard InChI is InChI=1S/C11H13IN4O/c1-7-2-3-8(12)6-9(7)14-11-16-15-10(17-11)4-5-13/h2-3,6H,4-5,13H2,1H3,(H,14,16). The molecule has 6 heteroatoms. The maximum Gasteiger partial charge on any atom is 0.320 e. The zero-order chi connectivity index (χ0) is 12.3. The Bertz CT molecular complexity index is 512. The second kappa shape index (κ2) is 5.46. The molecule has 1 heterocycles. The normalized spacial score (nSPS) is 10.5. The summed E-state index contributed by atoms with van der Waals surface area (Å²) in [5.41, 5.74) is 7.52. The van der Waals surface area contributed by atoms with Gasteiger partial charge in [-0.3, -0.25) is 0 Å². The number of nitrogens with zero attached hydrogens (tertiary/aromatic N) is 2. The molecule has 0 aliphatic heterocycles. The van der Waals surface area contributed by atoms with E-state index in [0.717, 1.165) is 14.8 Å². The second-order valence-electron chi connectivity index (χ2n) is 3.62. The molecule has 17 heavy (non-hydrogen) atoms. The Balaban J connectivity index is 2.16. The van der Waals surface area contributed by atoms with E-state index in [4.69, 9.17) is 10.2 Å². The van der Waals surface area contributed by atoms with E-state index in [1.807, 2.05) is 19.1 Å². The van der Waals surface area contributed by atoms with E-state index in [1.165, 1.54) is 0 Å².